The number of hydrogen-bond donors (Lipinski definition) is 1. The van der Waals surface area contributed by atoms with E-state index < -0.39 is 15.9 Å². The van der Waals surface area contributed by atoms with Crippen molar-refractivity contribution in [2.75, 3.05) is 6.26 Å². The Labute approximate surface area is 176 Å². The Morgan fingerprint density at radius 1 is 1.13 bits per heavy atom. The molecule has 30 heavy (non-hydrogen) atoms. The molecule has 154 valence electrons. The molecule has 0 aliphatic rings. The predicted molar refractivity (Wildman–Crippen MR) is 114 cm³/mol. The first-order valence-electron chi connectivity index (χ1n) is 9.06. The lowest BCUT2D eigenvalue weighted by Gasteiger charge is -2.19. The summed E-state index contributed by atoms with van der Waals surface area (Å²) in [5.74, 6) is -0.747. The quantitative estimate of drug-likeness (QED) is 0.494. The van der Waals surface area contributed by atoms with Gasteiger partial charge in [0.2, 0.25) is 20.9 Å². The number of imidazole rings is 1. The van der Waals surface area contributed by atoms with Crippen molar-refractivity contribution >= 4 is 38.1 Å². The monoisotopic (exact) mass is 443 g/mol. The van der Waals surface area contributed by atoms with Crippen molar-refractivity contribution in [2.24, 2.45) is 0 Å². The largest absolute Gasteiger partial charge is 0.343 e. The molecule has 4 aromatic rings. The number of benzene rings is 2. The second kappa shape index (κ2) is 8.00. The number of para-hydroxylation sites is 2. The number of thiophene rings is 1. The molecule has 2 aromatic heterocycles. The number of hydrogen-bond acceptors (Lipinski definition) is 5. The highest BCUT2D eigenvalue weighted by molar-refractivity contribution is 7.90. The first-order valence-corrected chi connectivity index (χ1v) is 11.8. The van der Waals surface area contributed by atoms with Gasteiger partial charge in [-0.2, -0.15) is 0 Å². The smallest absolute Gasteiger partial charge is 0.240 e. The summed E-state index contributed by atoms with van der Waals surface area (Å²) < 4.78 is 39.2. The first kappa shape index (κ1) is 20.2. The van der Waals surface area contributed by atoms with Gasteiger partial charge in [-0.05, 0) is 41.3 Å². The number of aromatic nitrogens is 2. The Kier molecular flexibility index (Phi) is 5.40. The van der Waals surface area contributed by atoms with Crippen LogP contribution in [0.2, 0.25) is 0 Å². The number of amides is 1. The Bertz CT molecular complexity index is 1300. The van der Waals surface area contributed by atoms with Crippen LogP contribution in [-0.4, -0.2) is 30.1 Å². The van der Waals surface area contributed by atoms with Gasteiger partial charge in [-0.25, -0.2) is 17.8 Å². The predicted octanol–water partition coefficient (Wildman–Crippen LogP) is 3.55. The summed E-state index contributed by atoms with van der Waals surface area (Å²) in [6.45, 7) is -0.216. The van der Waals surface area contributed by atoms with Crippen LogP contribution in [0.25, 0.3) is 11.0 Å². The minimum absolute atomic E-state index is 0.159. The molecular formula is C21H18FN3O3S2. The van der Waals surface area contributed by atoms with Gasteiger partial charge in [-0.1, -0.05) is 30.3 Å². The van der Waals surface area contributed by atoms with Gasteiger partial charge in [0.05, 0.1) is 17.1 Å². The van der Waals surface area contributed by atoms with Gasteiger partial charge >= 0.3 is 0 Å². The van der Waals surface area contributed by atoms with Crippen LogP contribution in [0.4, 0.5) is 4.39 Å². The van der Waals surface area contributed by atoms with Crippen molar-refractivity contribution < 1.29 is 17.6 Å². The molecule has 0 aliphatic carbocycles. The van der Waals surface area contributed by atoms with E-state index in [1.54, 1.807) is 36.4 Å². The molecule has 4 rings (SSSR count). The van der Waals surface area contributed by atoms with Crippen LogP contribution in [-0.2, 0) is 21.2 Å². The Morgan fingerprint density at radius 3 is 2.53 bits per heavy atom. The third-order valence-electron chi connectivity index (χ3n) is 4.59. The van der Waals surface area contributed by atoms with Crippen LogP contribution in [0.3, 0.4) is 0 Å². The summed E-state index contributed by atoms with van der Waals surface area (Å²) in [6.07, 6.45) is 1.07. The molecule has 2 aromatic carbocycles. The Morgan fingerprint density at radius 2 is 1.87 bits per heavy atom. The molecule has 0 fully saturated rings. The van der Waals surface area contributed by atoms with E-state index >= 15 is 0 Å². The molecule has 6 nitrogen and oxygen atoms in total. The highest BCUT2D eigenvalue weighted by atomic mass is 32.2. The maximum absolute atomic E-state index is 13.4. The summed E-state index contributed by atoms with van der Waals surface area (Å²) in [5.41, 5.74) is 1.78. The number of fused-ring (bicyclic) bond motifs is 1. The summed E-state index contributed by atoms with van der Waals surface area (Å²) in [5, 5.41) is 4.68. The van der Waals surface area contributed by atoms with Crippen LogP contribution >= 0.6 is 11.3 Å². The summed E-state index contributed by atoms with van der Waals surface area (Å²) in [4.78, 5) is 18.0. The molecule has 0 bridgehead atoms. The second-order valence-electron chi connectivity index (χ2n) is 6.81. The van der Waals surface area contributed by atoms with Crippen molar-refractivity contribution in [3.05, 3.63) is 82.3 Å². The zero-order chi connectivity index (χ0) is 21.3. The zero-order valence-corrected chi connectivity index (χ0v) is 17.6. The average molecular weight is 444 g/mol. The van der Waals surface area contributed by atoms with Gasteiger partial charge in [0, 0.05) is 11.1 Å². The minimum Gasteiger partial charge on any atom is -0.343 e. The van der Waals surface area contributed by atoms with E-state index in [0.717, 1.165) is 16.7 Å². The molecule has 0 saturated carbocycles. The van der Waals surface area contributed by atoms with Gasteiger partial charge < -0.3 is 9.88 Å². The highest BCUT2D eigenvalue weighted by Gasteiger charge is 2.23. The van der Waals surface area contributed by atoms with E-state index in [2.05, 4.69) is 10.3 Å². The topological polar surface area (TPSA) is 81.1 Å². The fourth-order valence-corrected chi connectivity index (χ4v) is 4.90. The fourth-order valence-electron chi connectivity index (χ4n) is 3.27. The first-order chi connectivity index (χ1) is 14.3. The fraction of sp³-hybridized carbons (Fsp3) is 0.143. The molecule has 0 spiro atoms. The highest BCUT2D eigenvalue weighted by Crippen LogP contribution is 2.27. The SMILES string of the molecule is CS(=O)(=O)c1nc2ccccc2n1CC(=O)N[C@@H](c1ccc(F)cc1)c1cccs1. The van der Waals surface area contributed by atoms with E-state index in [1.165, 1.54) is 28.0 Å². The second-order valence-corrected chi connectivity index (χ2v) is 9.70. The maximum Gasteiger partial charge on any atom is 0.240 e. The number of carbonyl (C=O) groups excluding carboxylic acids is 1. The Hall–Kier alpha value is -3.04. The molecular weight excluding hydrogens is 425 g/mol. The third-order valence-corrected chi connectivity index (χ3v) is 6.50. The number of nitrogens with one attached hydrogen (secondary N) is 1. The van der Waals surface area contributed by atoms with Gasteiger partial charge in [0.15, 0.2) is 0 Å². The van der Waals surface area contributed by atoms with Gasteiger partial charge in [0.1, 0.15) is 12.4 Å². The number of rotatable bonds is 6. The molecule has 0 saturated heterocycles. The van der Waals surface area contributed by atoms with Gasteiger partial charge in [-0.15, -0.1) is 11.3 Å². The minimum atomic E-state index is -3.64. The van der Waals surface area contributed by atoms with Crippen LogP contribution in [0.1, 0.15) is 16.5 Å². The molecule has 1 N–H and O–H groups in total. The van der Waals surface area contributed by atoms with Crippen LogP contribution in [0, 0.1) is 5.82 Å². The molecule has 0 unspecified atom stereocenters. The molecule has 1 amide bonds. The summed E-state index contributed by atoms with van der Waals surface area (Å²) in [7, 11) is -3.64. The Balaban J connectivity index is 1.67. The number of carbonyl (C=O) groups is 1. The van der Waals surface area contributed by atoms with Gasteiger partial charge in [-0.3, -0.25) is 4.79 Å². The van der Waals surface area contributed by atoms with Crippen molar-refractivity contribution in [3.8, 4) is 0 Å². The van der Waals surface area contributed by atoms with E-state index in [0.29, 0.717) is 11.0 Å². The third kappa shape index (κ3) is 4.12. The van der Waals surface area contributed by atoms with Crippen molar-refractivity contribution in [1.29, 1.82) is 0 Å². The average Bonchev–Trinajstić information content (AvgIpc) is 3.35. The van der Waals surface area contributed by atoms with E-state index in [1.807, 2.05) is 17.5 Å². The van der Waals surface area contributed by atoms with Crippen molar-refractivity contribution in [2.45, 2.75) is 17.7 Å². The van der Waals surface area contributed by atoms with Crippen LogP contribution < -0.4 is 5.32 Å². The van der Waals surface area contributed by atoms with E-state index in [-0.39, 0.29) is 23.4 Å². The molecule has 0 radical (unpaired) electrons. The molecule has 2 heterocycles. The summed E-state index contributed by atoms with van der Waals surface area (Å²) >= 11 is 1.47. The summed E-state index contributed by atoms with van der Waals surface area (Å²) in [6, 6.07) is 16.1. The lowest BCUT2D eigenvalue weighted by atomic mass is 10.1. The standard InChI is InChI=1S/C21H18FN3O3S2/c1-30(27,28)21-23-16-5-2-3-6-17(16)25(21)13-19(26)24-20(18-7-4-12-29-18)14-8-10-15(22)11-9-14/h2-12,20H,13H2,1H3,(H,24,26)/t20-/m0/s1. The molecule has 1 atom stereocenters. The zero-order valence-electron chi connectivity index (χ0n) is 15.9. The van der Waals surface area contributed by atoms with Crippen LogP contribution in [0.5, 0.6) is 0 Å². The number of sulfone groups is 1. The van der Waals surface area contributed by atoms with Gasteiger partial charge in [0.25, 0.3) is 0 Å². The van der Waals surface area contributed by atoms with Crippen LogP contribution in [0.15, 0.2) is 71.2 Å². The lowest BCUT2D eigenvalue weighted by molar-refractivity contribution is -0.122. The number of nitrogens with zero attached hydrogens (tertiary/aromatic N) is 2. The lowest BCUT2D eigenvalue weighted by Crippen LogP contribution is -2.32. The number of halogens is 1. The van der Waals surface area contributed by atoms with E-state index in [4.69, 9.17) is 0 Å². The molecule has 9 heteroatoms. The maximum atomic E-state index is 13.4. The van der Waals surface area contributed by atoms with E-state index in [9.17, 15) is 17.6 Å². The normalized spacial score (nSPS) is 12.7. The molecule has 0 aliphatic heterocycles. The van der Waals surface area contributed by atoms with Crippen molar-refractivity contribution in [1.82, 2.24) is 14.9 Å². The van der Waals surface area contributed by atoms with Crippen molar-refractivity contribution in [3.63, 3.8) is 0 Å².